The average molecular weight is 406 g/mol. The minimum atomic E-state index is 0.344. The molecule has 0 bridgehead atoms. The number of ether oxygens (including phenoxy) is 2. The van der Waals surface area contributed by atoms with Gasteiger partial charge in [0.15, 0.2) is 11.5 Å². The van der Waals surface area contributed by atoms with E-state index in [0.717, 1.165) is 16.0 Å². The third kappa shape index (κ3) is 2.87. The molecule has 20 heavy (non-hydrogen) atoms. The van der Waals surface area contributed by atoms with Crippen molar-refractivity contribution < 1.29 is 9.47 Å². The van der Waals surface area contributed by atoms with Crippen LogP contribution in [-0.2, 0) is 0 Å². The Morgan fingerprint density at radius 3 is 2.20 bits per heavy atom. The Labute approximate surface area is 138 Å². The van der Waals surface area contributed by atoms with Gasteiger partial charge in [-0.2, -0.15) is 0 Å². The molecule has 1 fully saturated rings. The Balaban J connectivity index is 2.41. The first kappa shape index (κ1) is 16.2. The number of alkyl halides is 1. The van der Waals surface area contributed by atoms with Crippen molar-refractivity contribution in [3.63, 3.8) is 0 Å². The van der Waals surface area contributed by atoms with Gasteiger partial charge in [0.1, 0.15) is 0 Å². The van der Waals surface area contributed by atoms with E-state index >= 15 is 0 Å². The van der Waals surface area contributed by atoms with E-state index < -0.39 is 0 Å². The molecule has 4 heteroatoms. The quantitative estimate of drug-likeness (QED) is 0.570. The van der Waals surface area contributed by atoms with E-state index in [1.54, 1.807) is 14.2 Å². The van der Waals surface area contributed by atoms with Crippen molar-refractivity contribution in [2.75, 3.05) is 14.2 Å². The number of halogens is 2. The van der Waals surface area contributed by atoms with Crippen LogP contribution in [-0.4, -0.2) is 14.2 Å². The van der Waals surface area contributed by atoms with Crippen LogP contribution in [0, 0.1) is 5.41 Å². The summed E-state index contributed by atoms with van der Waals surface area (Å²) in [4.78, 5) is 0.344. The summed E-state index contributed by atoms with van der Waals surface area (Å²) in [6.07, 6.45) is 6.45. The molecule has 0 aromatic heterocycles. The summed E-state index contributed by atoms with van der Waals surface area (Å²) >= 11 is 7.65. The Morgan fingerprint density at radius 2 is 1.70 bits per heavy atom. The van der Waals surface area contributed by atoms with Gasteiger partial charge in [0, 0.05) is 9.30 Å². The third-order valence-electron chi connectivity index (χ3n) is 4.62. The molecule has 0 saturated heterocycles. The molecule has 0 spiro atoms. The van der Waals surface area contributed by atoms with Gasteiger partial charge >= 0.3 is 0 Å². The summed E-state index contributed by atoms with van der Waals surface area (Å²) in [7, 11) is 3.35. The van der Waals surface area contributed by atoms with Crippen LogP contribution < -0.4 is 9.47 Å². The Kier molecular flexibility index (Phi) is 5.41. The second kappa shape index (κ2) is 6.69. The summed E-state index contributed by atoms with van der Waals surface area (Å²) in [6.45, 7) is 2.30. The lowest BCUT2D eigenvalue weighted by molar-refractivity contribution is 0.278. The lowest BCUT2D eigenvalue weighted by atomic mass is 9.77. The van der Waals surface area contributed by atoms with Crippen molar-refractivity contribution in [2.45, 2.75) is 43.9 Å². The molecule has 1 saturated carbocycles. The van der Waals surface area contributed by atoms with E-state index in [0.29, 0.717) is 10.2 Å². The summed E-state index contributed by atoms with van der Waals surface area (Å²) in [5, 5.41) is 0. The molecule has 0 aliphatic heterocycles. The summed E-state index contributed by atoms with van der Waals surface area (Å²) < 4.78 is 11.9. The fourth-order valence-electron chi connectivity index (χ4n) is 3.26. The van der Waals surface area contributed by atoms with E-state index in [9.17, 15) is 0 Å². The molecule has 1 aromatic carbocycles. The topological polar surface area (TPSA) is 18.5 Å². The van der Waals surface area contributed by atoms with Gasteiger partial charge in [0.2, 0.25) is 0 Å². The highest BCUT2D eigenvalue weighted by molar-refractivity contribution is 9.11. The largest absolute Gasteiger partial charge is 0.493 e. The first-order chi connectivity index (χ1) is 9.57. The zero-order chi connectivity index (χ0) is 14.8. The first-order valence-electron chi connectivity index (χ1n) is 7.13. The highest BCUT2D eigenvalue weighted by atomic mass is 79.9. The zero-order valence-corrected chi connectivity index (χ0v) is 15.5. The van der Waals surface area contributed by atoms with Crippen molar-refractivity contribution in [3.8, 4) is 11.5 Å². The fourth-order valence-corrected chi connectivity index (χ4v) is 5.28. The molecule has 1 atom stereocenters. The van der Waals surface area contributed by atoms with Crippen LogP contribution >= 0.6 is 31.9 Å². The standard InChI is InChI=1S/C16H22Br2O2/c1-4-16(7-5-6-8-16)15(18)11-9-13(19-2)14(20-3)10-12(11)17/h9-10,15H,4-8H2,1-3H3. The molecule has 0 radical (unpaired) electrons. The average Bonchev–Trinajstić information content (AvgIpc) is 2.96. The molecule has 1 unspecified atom stereocenters. The number of rotatable bonds is 5. The van der Waals surface area contributed by atoms with Crippen LogP contribution in [0.1, 0.15) is 49.4 Å². The highest BCUT2D eigenvalue weighted by Crippen LogP contribution is 2.56. The van der Waals surface area contributed by atoms with Crippen LogP contribution in [0.25, 0.3) is 0 Å². The van der Waals surface area contributed by atoms with Crippen LogP contribution in [0.5, 0.6) is 11.5 Å². The molecule has 112 valence electrons. The third-order valence-corrected chi connectivity index (χ3v) is 6.77. The molecule has 0 N–H and O–H groups in total. The first-order valence-corrected chi connectivity index (χ1v) is 8.84. The fraction of sp³-hybridized carbons (Fsp3) is 0.625. The second-order valence-corrected chi connectivity index (χ2v) is 7.28. The lowest BCUT2D eigenvalue weighted by Gasteiger charge is -2.34. The van der Waals surface area contributed by atoms with Crippen molar-refractivity contribution in [1.29, 1.82) is 0 Å². The molecule has 2 nitrogen and oxygen atoms in total. The number of benzene rings is 1. The van der Waals surface area contributed by atoms with Crippen LogP contribution in [0.4, 0.5) is 0 Å². The molecule has 1 aliphatic carbocycles. The Bertz CT molecular complexity index is 468. The molecule has 2 rings (SSSR count). The number of hydrogen-bond acceptors (Lipinski definition) is 2. The lowest BCUT2D eigenvalue weighted by Crippen LogP contribution is -2.21. The van der Waals surface area contributed by atoms with Gasteiger partial charge in [0.05, 0.1) is 14.2 Å². The van der Waals surface area contributed by atoms with Crippen molar-refractivity contribution in [2.24, 2.45) is 5.41 Å². The molecule has 1 aromatic rings. The number of methoxy groups -OCH3 is 2. The van der Waals surface area contributed by atoms with Gasteiger partial charge < -0.3 is 9.47 Å². The summed E-state index contributed by atoms with van der Waals surface area (Å²) in [6, 6.07) is 4.10. The minimum absolute atomic E-state index is 0.344. The van der Waals surface area contributed by atoms with Crippen molar-refractivity contribution >= 4 is 31.9 Å². The minimum Gasteiger partial charge on any atom is -0.493 e. The maximum Gasteiger partial charge on any atom is 0.161 e. The van der Waals surface area contributed by atoms with Crippen LogP contribution in [0.15, 0.2) is 16.6 Å². The maximum atomic E-state index is 5.44. The van der Waals surface area contributed by atoms with E-state index in [2.05, 4.69) is 44.8 Å². The van der Waals surface area contributed by atoms with Gasteiger partial charge in [-0.25, -0.2) is 0 Å². The highest BCUT2D eigenvalue weighted by Gasteiger charge is 2.40. The van der Waals surface area contributed by atoms with Gasteiger partial charge in [-0.3, -0.25) is 0 Å². The zero-order valence-electron chi connectivity index (χ0n) is 12.3. The normalized spacial score (nSPS) is 18.9. The predicted molar refractivity (Wildman–Crippen MR) is 90.1 cm³/mol. The van der Waals surface area contributed by atoms with E-state index in [4.69, 9.17) is 9.47 Å². The summed E-state index contributed by atoms with van der Waals surface area (Å²) in [5.41, 5.74) is 1.62. The van der Waals surface area contributed by atoms with Gasteiger partial charge in [0.25, 0.3) is 0 Å². The summed E-state index contributed by atoms with van der Waals surface area (Å²) in [5.74, 6) is 1.55. The molecule has 0 heterocycles. The van der Waals surface area contributed by atoms with Gasteiger partial charge in [-0.1, -0.05) is 51.6 Å². The van der Waals surface area contributed by atoms with Crippen LogP contribution in [0.2, 0.25) is 0 Å². The Morgan fingerprint density at radius 1 is 1.15 bits per heavy atom. The van der Waals surface area contributed by atoms with E-state index in [-0.39, 0.29) is 0 Å². The van der Waals surface area contributed by atoms with E-state index in [1.165, 1.54) is 37.7 Å². The van der Waals surface area contributed by atoms with Gasteiger partial charge in [-0.15, -0.1) is 0 Å². The molecule has 0 amide bonds. The smallest absolute Gasteiger partial charge is 0.161 e. The van der Waals surface area contributed by atoms with Crippen molar-refractivity contribution in [1.82, 2.24) is 0 Å². The molecular weight excluding hydrogens is 384 g/mol. The molecule has 1 aliphatic rings. The maximum absolute atomic E-state index is 5.44. The second-order valence-electron chi connectivity index (χ2n) is 5.51. The van der Waals surface area contributed by atoms with Gasteiger partial charge in [-0.05, 0) is 42.4 Å². The Hall–Kier alpha value is -0.220. The molecular formula is C16H22Br2O2. The SMILES string of the molecule is CCC1(C(Br)c2cc(OC)c(OC)cc2Br)CCCC1. The monoisotopic (exact) mass is 404 g/mol. The predicted octanol–water partition coefficient (Wildman–Crippen LogP) is 5.87. The van der Waals surface area contributed by atoms with Crippen molar-refractivity contribution in [3.05, 3.63) is 22.2 Å². The van der Waals surface area contributed by atoms with E-state index in [1.807, 2.05) is 6.07 Å². The number of hydrogen-bond donors (Lipinski definition) is 0. The van der Waals surface area contributed by atoms with Crippen LogP contribution in [0.3, 0.4) is 0 Å².